The van der Waals surface area contributed by atoms with Gasteiger partial charge in [0.25, 0.3) is 5.56 Å². The van der Waals surface area contributed by atoms with Gasteiger partial charge in [0.1, 0.15) is 4.70 Å². The molecular weight excluding hydrogens is 404 g/mol. The molecule has 29 heavy (non-hydrogen) atoms. The van der Waals surface area contributed by atoms with Crippen LogP contribution in [0, 0.1) is 18.8 Å². The standard InChI is InChI=1S/C22H24N2O3S2/c1-14-2-4-16(5-3-14)13-29-22-23-18-10-11-28-19(18)20(25)24(22)12-15-6-8-17(9-7-15)21(26)27/h2-5,10-11,15,17H,6-9,12-13H2,1H3,(H,26,27). The number of aliphatic carboxylic acids is 1. The summed E-state index contributed by atoms with van der Waals surface area (Å²) in [5, 5.41) is 11.9. The molecule has 0 spiro atoms. The van der Waals surface area contributed by atoms with Gasteiger partial charge in [-0.1, -0.05) is 41.6 Å². The molecule has 0 radical (unpaired) electrons. The number of fused-ring (bicyclic) bond motifs is 1. The van der Waals surface area contributed by atoms with Gasteiger partial charge in [-0.3, -0.25) is 14.2 Å². The Morgan fingerprint density at radius 3 is 2.62 bits per heavy atom. The normalized spacial score (nSPS) is 19.5. The summed E-state index contributed by atoms with van der Waals surface area (Å²) in [6, 6.07) is 10.3. The van der Waals surface area contributed by atoms with E-state index in [2.05, 4.69) is 31.2 Å². The van der Waals surface area contributed by atoms with Crippen molar-refractivity contribution in [2.45, 2.75) is 50.1 Å². The highest BCUT2D eigenvalue weighted by Crippen LogP contribution is 2.31. The Morgan fingerprint density at radius 1 is 1.21 bits per heavy atom. The van der Waals surface area contributed by atoms with E-state index in [1.165, 1.54) is 22.5 Å². The van der Waals surface area contributed by atoms with Gasteiger partial charge in [0.2, 0.25) is 0 Å². The minimum atomic E-state index is -0.698. The Kier molecular flexibility index (Phi) is 6.06. The highest BCUT2D eigenvalue weighted by Gasteiger charge is 2.27. The van der Waals surface area contributed by atoms with E-state index in [1.54, 1.807) is 11.8 Å². The van der Waals surface area contributed by atoms with Crippen LogP contribution in [0.3, 0.4) is 0 Å². The first-order valence-corrected chi connectivity index (χ1v) is 11.8. The van der Waals surface area contributed by atoms with Gasteiger partial charge in [-0.05, 0) is 55.5 Å². The predicted octanol–water partition coefficient (Wildman–Crippen LogP) is 4.95. The van der Waals surface area contributed by atoms with Crippen molar-refractivity contribution in [3.8, 4) is 0 Å². The minimum Gasteiger partial charge on any atom is -0.481 e. The minimum absolute atomic E-state index is 0.0248. The van der Waals surface area contributed by atoms with E-state index in [1.807, 2.05) is 16.0 Å². The molecule has 5 nitrogen and oxygen atoms in total. The fourth-order valence-electron chi connectivity index (χ4n) is 3.88. The second kappa shape index (κ2) is 8.71. The van der Waals surface area contributed by atoms with Gasteiger partial charge in [-0.15, -0.1) is 11.3 Å². The number of thiophene rings is 1. The highest BCUT2D eigenvalue weighted by atomic mass is 32.2. The number of benzene rings is 1. The van der Waals surface area contributed by atoms with Gasteiger partial charge >= 0.3 is 5.97 Å². The number of carboxylic acid groups (broad SMARTS) is 1. The first-order chi connectivity index (χ1) is 14.0. The maximum absolute atomic E-state index is 13.1. The maximum atomic E-state index is 13.1. The molecule has 1 aromatic carbocycles. The number of carboxylic acids is 1. The summed E-state index contributed by atoms with van der Waals surface area (Å²) in [5.74, 6) is 0.142. The molecule has 0 bridgehead atoms. The van der Waals surface area contributed by atoms with Crippen LogP contribution in [0.5, 0.6) is 0 Å². The van der Waals surface area contributed by atoms with Gasteiger partial charge < -0.3 is 5.11 Å². The molecule has 1 fully saturated rings. The Hall–Kier alpha value is -2.12. The fourth-order valence-corrected chi connectivity index (χ4v) is 5.62. The third-order valence-electron chi connectivity index (χ3n) is 5.66. The van der Waals surface area contributed by atoms with Crippen molar-refractivity contribution in [3.63, 3.8) is 0 Å². The van der Waals surface area contributed by atoms with Crippen molar-refractivity contribution in [2.75, 3.05) is 0 Å². The molecule has 1 N–H and O–H groups in total. The molecule has 1 aliphatic rings. The second-order valence-electron chi connectivity index (χ2n) is 7.78. The van der Waals surface area contributed by atoms with E-state index in [0.717, 1.165) is 29.3 Å². The van der Waals surface area contributed by atoms with Crippen molar-refractivity contribution in [1.82, 2.24) is 9.55 Å². The average Bonchev–Trinajstić information content (AvgIpc) is 3.19. The lowest BCUT2D eigenvalue weighted by Crippen LogP contribution is -2.29. The van der Waals surface area contributed by atoms with Crippen LogP contribution < -0.4 is 5.56 Å². The molecule has 1 aliphatic carbocycles. The van der Waals surface area contributed by atoms with Gasteiger partial charge in [-0.2, -0.15) is 0 Å². The van der Waals surface area contributed by atoms with Crippen LogP contribution in [0.4, 0.5) is 0 Å². The number of thioether (sulfide) groups is 1. The molecule has 152 valence electrons. The van der Waals surface area contributed by atoms with E-state index in [0.29, 0.717) is 30.0 Å². The summed E-state index contributed by atoms with van der Waals surface area (Å²) in [7, 11) is 0. The Labute approximate surface area is 177 Å². The molecule has 2 heterocycles. The van der Waals surface area contributed by atoms with Crippen LogP contribution in [0.2, 0.25) is 0 Å². The largest absolute Gasteiger partial charge is 0.481 e. The molecular formula is C22H24N2O3S2. The van der Waals surface area contributed by atoms with Crippen LogP contribution in [0.15, 0.2) is 45.7 Å². The first kappa shape index (κ1) is 20.2. The number of hydrogen-bond acceptors (Lipinski definition) is 5. The van der Waals surface area contributed by atoms with Crippen molar-refractivity contribution in [3.05, 3.63) is 57.2 Å². The van der Waals surface area contributed by atoms with Gasteiger partial charge in [0.05, 0.1) is 11.4 Å². The zero-order valence-electron chi connectivity index (χ0n) is 16.3. The number of hydrogen-bond donors (Lipinski definition) is 1. The number of aryl methyl sites for hydroxylation is 1. The van der Waals surface area contributed by atoms with E-state index < -0.39 is 5.97 Å². The lowest BCUT2D eigenvalue weighted by atomic mass is 9.82. The van der Waals surface area contributed by atoms with E-state index in [-0.39, 0.29) is 11.5 Å². The van der Waals surface area contributed by atoms with Gasteiger partial charge in [0, 0.05) is 12.3 Å². The van der Waals surface area contributed by atoms with Crippen molar-refractivity contribution >= 4 is 39.3 Å². The second-order valence-corrected chi connectivity index (χ2v) is 9.63. The molecule has 0 unspecified atom stereocenters. The molecule has 0 amide bonds. The number of carbonyl (C=O) groups is 1. The van der Waals surface area contributed by atoms with Crippen LogP contribution in [-0.2, 0) is 17.1 Å². The molecule has 7 heteroatoms. The Bertz CT molecular complexity index is 1060. The summed E-state index contributed by atoms with van der Waals surface area (Å²) in [5.41, 5.74) is 3.22. The maximum Gasteiger partial charge on any atom is 0.306 e. The highest BCUT2D eigenvalue weighted by molar-refractivity contribution is 7.98. The Balaban J connectivity index is 1.57. The first-order valence-electron chi connectivity index (χ1n) is 9.90. The predicted molar refractivity (Wildman–Crippen MR) is 118 cm³/mol. The van der Waals surface area contributed by atoms with E-state index >= 15 is 0 Å². The molecule has 2 aromatic heterocycles. The van der Waals surface area contributed by atoms with E-state index in [4.69, 9.17) is 4.98 Å². The molecule has 3 aromatic rings. The SMILES string of the molecule is Cc1ccc(CSc2nc3ccsc3c(=O)n2CC2CCC(C(=O)O)CC2)cc1. The lowest BCUT2D eigenvalue weighted by molar-refractivity contribution is -0.143. The summed E-state index contributed by atoms with van der Waals surface area (Å²) >= 11 is 3.03. The summed E-state index contributed by atoms with van der Waals surface area (Å²) in [6.45, 7) is 2.68. The summed E-state index contributed by atoms with van der Waals surface area (Å²) in [4.78, 5) is 29.1. The smallest absolute Gasteiger partial charge is 0.306 e. The van der Waals surface area contributed by atoms with Crippen molar-refractivity contribution in [1.29, 1.82) is 0 Å². The third-order valence-corrected chi connectivity index (χ3v) is 7.60. The lowest BCUT2D eigenvalue weighted by Gasteiger charge is -2.27. The Morgan fingerprint density at radius 2 is 1.93 bits per heavy atom. The quantitative estimate of drug-likeness (QED) is 0.444. The molecule has 4 rings (SSSR count). The zero-order chi connectivity index (χ0) is 20.4. The average molecular weight is 429 g/mol. The molecule has 1 saturated carbocycles. The monoisotopic (exact) mass is 428 g/mol. The topological polar surface area (TPSA) is 72.2 Å². The number of rotatable bonds is 6. The third kappa shape index (κ3) is 4.56. The van der Waals surface area contributed by atoms with Gasteiger partial charge in [0.15, 0.2) is 5.16 Å². The molecule has 0 saturated heterocycles. The van der Waals surface area contributed by atoms with E-state index in [9.17, 15) is 14.7 Å². The number of aromatic nitrogens is 2. The van der Waals surface area contributed by atoms with Crippen molar-refractivity contribution in [2.24, 2.45) is 11.8 Å². The summed E-state index contributed by atoms with van der Waals surface area (Å²) in [6.07, 6.45) is 3.06. The van der Waals surface area contributed by atoms with Crippen LogP contribution in [-0.4, -0.2) is 20.6 Å². The van der Waals surface area contributed by atoms with Crippen molar-refractivity contribution < 1.29 is 9.90 Å². The van der Waals surface area contributed by atoms with Crippen LogP contribution in [0.1, 0.15) is 36.8 Å². The number of nitrogens with zero attached hydrogens (tertiary/aromatic N) is 2. The van der Waals surface area contributed by atoms with Gasteiger partial charge in [-0.25, -0.2) is 4.98 Å². The van der Waals surface area contributed by atoms with Crippen LogP contribution >= 0.6 is 23.1 Å². The fraction of sp³-hybridized carbons (Fsp3) is 0.409. The zero-order valence-corrected chi connectivity index (χ0v) is 18.0. The molecule has 0 atom stereocenters. The molecule has 0 aliphatic heterocycles. The summed E-state index contributed by atoms with van der Waals surface area (Å²) < 4.78 is 2.52. The van der Waals surface area contributed by atoms with Crippen LogP contribution in [0.25, 0.3) is 10.2 Å².